The molecule has 1 aromatic rings. The molecule has 2 N–H and O–H groups in total. The Bertz CT molecular complexity index is 553. The molecule has 2 aliphatic rings. The zero-order chi connectivity index (χ0) is 15.6. The number of carbonyl (C=O) groups excluding carboxylic acids is 1. The summed E-state index contributed by atoms with van der Waals surface area (Å²) in [6.07, 6.45) is 1.82. The van der Waals surface area contributed by atoms with Crippen molar-refractivity contribution in [1.29, 1.82) is 0 Å². The first-order chi connectivity index (χ1) is 10.6. The molecule has 0 saturated carbocycles. The van der Waals surface area contributed by atoms with Crippen molar-refractivity contribution in [2.75, 3.05) is 19.8 Å². The van der Waals surface area contributed by atoms with Gasteiger partial charge in [-0.05, 0) is 24.5 Å². The van der Waals surface area contributed by atoms with Gasteiger partial charge in [0.2, 0.25) is 0 Å². The van der Waals surface area contributed by atoms with Gasteiger partial charge in [-0.2, -0.15) is 0 Å². The summed E-state index contributed by atoms with van der Waals surface area (Å²) in [6, 6.07) is 1.86. The molecule has 7 heteroatoms. The Hall–Kier alpha value is -1.44. The summed E-state index contributed by atoms with van der Waals surface area (Å²) >= 11 is 1.48. The molecule has 0 radical (unpaired) electrons. The molecule has 6 nitrogen and oxygen atoms in total. The summed E-state index contributed by atoms with van der Waals surface area (Å²) in [5.41, 5.74) is 0.364. The van der Waals surface area contributed by atoms with Crippen LogP contribution in [0.4, 0.5) is 0 Å². The molecule has 0 atom stereocenters. The van der Waals surface area contributed by atoms with Gasteiger partial charge in [-0.3, -0.25) is 9.59 Å². The van der Waals surface area contributed by atoms with E-state index in [1.54, 1.807) is 0 Å². The number of hydrogen-bond acceptors (Lipinski definition) is 5. The van der Waals surface area contributed by atoms with Crippen molar-refractivity contribution in [3.63, 3.8) is 0 Å². The van der Waals surface area contributed by atoms with E-state index in [9.17, 15) is 9.59 Å². The monoisotopic (exact) mass is 325 g/mol. The molecule has 120 valence electrons. The summed E-state index contributed by atoms with van der Waals surface area (Å²) in [7, 11) is 0. The number of hydrogen-bond donors (Lipinski definition) is 2. The molecule has 1 saturated heterocycles. The number of aliphatic carboxylic acids is 1. The lowest BCUT2D eigenvalue weighted by atomic mass is 9.86. The molecule has 3 heterocycles. The van der Waals surface area contributed by atoms with Gasteiger partial charge in [-0.15, -0.1) is 11.3 Å². The number of carbonyl (C=O) groups is 2. The van der Waals surface area contributed by atoms with Crippen molar-refractivity contribution in [3.05, 3.63) is 21.4 Å². The number of carboxylic acid groups (broad SMARTS) is 1. The van der Waals surface area contributed by atoms with Crippen LogP contribution >= 0.6 is 11.3 Å². The standard InChI is InChI=1S/C15H19NO5S/c17-13(18)8-15(2-5-20-6-3-15)16-14(19)12-7-10-9-21-4-1-11(10)22-12/h7H,1-6,8-9H2,(H,16,19)(H,17,18). The molecule has 0 aliphatic carbocycles. The highest BCUT2D eigenvalue weighted by Gasteiger charge is 2.37. The molecule has 0 spiro atoms. The topological polar surface area (TPSA) is 84.9 Å². The fraction of sp³-hybridized carbons (Fsp3) is 0.600. The highest BCUT2D eigenvalue weighted by molar-refractivity contribution is 7.14. The van der Waals surface area contributed by atoms with Gasteiger partial charge in [0.25, 0.3) is 5.91 Å². The van der Waals surface area contributed by atoms with Gasteiger partial charge in [0, 0.05) is 24.5 Å². The van der Waals surface area contributed by atoms with Crippen LogP contribution in [0.15, 0.2) is 6.07 Å². The fourth-order valence-corrected chi connectivity index (χ4v) is 4.00. The smallest absolute Gasteiger partial charge is 0.305 e. The predicted molar refractivity (Wildman–Crippen MR) is 80.2 cm³/mol. The van der Waals surface area contributed by atoms with Crippen molar-refractivity contribution < 1.29 is 24.2 Å². The highest BCUT2D eigenvalue weighted by Crippen LogP contribution is 2.29. The fourth-order valence-electron chi connectivity index (χ4n) is 2.96. The maximum Gasteiger partial charge on any atom is 0.305 e. The SMILES string of the molecule is O=C(O)CC1(NC(=O)c2cc3c(s2)CCOC3)CCOCC1. The van der Waals surface area contributed by atoms with Crippen LogP contribution in [0.25, 0.3) is 0 Å². The summed E-state index contributed by atoms with van der Waals surface area (Å²) in [4.78, 5) is 25.5. The molecule has 0 unspecified atom stereocenters. The molecular formula is C15H19NO5S. The Morgan fingerprint density at radius 2 is 2.05 bits per heavy atom. The van der Waals surface area contributed by atoms with Crippen LogP contribution in [0.5, 0.6) is 0 Å². The first-order valence-electron chi connectivity index (χ1n) is 7.39. The van der Waals surface area contributed by atoms with Crippen molar-refractivity contribution in [3.8, 4) is 0 Å². The highest BCUT2D eigenvalue weighted by atomic mass is 32.1. The maximum atomic E-state index is 12.5. The van der Waals surface area contributed by atoms with Crippen LogP contribution < -0.4 is 5.32 Å². The van der Waals surface area contributed by atoms with Crippen LogP contribution in [0.3, 0.4) is 0 Å². The van der Waals surface area contributed by atoms with E-state index >= 15 is 0 Å². The number of ether oxygens (including phenoxy) is 2. The van der Waals surface area contributed by atoms with Crippen molar-refractivity contribution in [2.24, 2.45) is 0 Å². The number of carboxylic acids is 1. The van der Waals surface area contributed by atoms with Crippen LogP contribution in [0.1, 0.15) is 39.4 Å². The third-order valence-corrected chi connectivity index (χ3v) is 5.41. The second-order valence-corrected chi connectivity index (χ2v) is 6.92. The normalized spacial score (nSPS) is 20.2. The molecule has 0 aromatic carbocycles. The third-order valence-electron chi connectivity index (χ3n) is 4.17. The van der Waals surface area contributed by atoms with E-state index in [1.807, 2.05) is 6.07 Å². The van der Waals surface area contributed by atoms with E-state index in [2.05, 4.69) is 5.32 Å². The van der Waals surface area contributed by atoms with Gasteiger partial charge in [0.1, 0.15) is 0 Å². The van der Waals surface area contributed by atoms with E-state index in [0.717, 1.165) is 12.0 Å². The lowest BCUT2D eigenvalue weighted by Crippen LogP contribution is -2.53. The van der Waals surface area contributed by atoms with Crippen molar-refractivity contribution in [1.82, 2.24) is 5.32 Å². The van der Waals surface area contributed by atoms with Crippen LogP contribution in [-0.2, 0) is 27.3 Å². The second kappa shape index (κ2) is 6.36. The lowest BCUT2D eigenvalue weighted by molar-refractivity contribution is -0.139. The van der Waals surface area contributed by atoms with Crippen molar-refractivity contribution >= 4 is 23.2 Å². The van der Waals surface area contributed by atoms with Gasteiger partial charge in [0.15, 0.2) is 0 Å². The second-order valence-electron chi connectivity index (χ2n) is 5.78. The number of fused-ring (bicyclic) bond motifs is 1. The first kappa shape index (κ1) is 15.5. The zero-order valence-corrected chi connectivity index (χ0v) is 13.0. The number of nitrogens with one attached hydrogen (secondary N) is 1. The zero-order valence-electron chi connectivity index (χ0n) is 12.2. The maximum absolute atomic E-state index is 12.5. The largest absolute Gasteiger partial charge is 0.481 e. The summed E-state index contributed by atoms with van der Waals surface area (Å²) in [5.74, 6) is -1.09. The lowest BCUT2D eigenvalue weighted by Gasteiger charge is -2.36. The Morgan fingerprint density at radius 3 is 2.73 bits per heavy atom. The van der Waals surface area contributed by atoms with Crippen molar-refractivity contribution in [2.45, 2.75) is 37.8 Å². The Kier molecular flexibility index (Phi) is 4.46. The minimum absolute atomic E-state index is 0.0731. The summed E-state index contributed by atoms with van der Waals surface area (Å²) < 4.78 is 10.7. The van der Waals surface area contributed by atoms with Gasteiger partial charge < -0.3 is 19.9 Å². The summed E-state index contributed by atoms with van der Waals surface area (Å²) in [5, 5.41) is 12.1. The average molecular weight is 325 g/mol. The van der Waals surface area contributed by atoms with E-state index < -0.39 is 11.5 Å². The first-order valence-corrected chi connectivity index (χ1v) is 8.21. The minimum atomic E-state index is -0.902. The molecule has 3 rings (SSSR count). The molecule has 1 fully saturated rings. The van der Waals surface area contributed by atoms with Gasteiger partial charge in [0.05, 0.1) is 30.1 Å². The number of thiophene rings is 1. The molecule has 0 bridgehead atoms. The van der Waals surface area contributed by atoms with E-state index in [1.165, 1.54) is 16.2 Å². The molecule has 22 heavy (non-hydrogen) atoms. The third kappa shape index (κ3) is 3.31. The van der Waals surface area contributed by atoms with E-state index in [0.29, 0.717) is 44.1 Å². The number of amides is 1. The quantitative estimate of drug-likeness (QED) is 0.878. The Morgan fingerprint density at radius 1 is 1.27 bits per heavy atom. The van der Waals surface area contributed by atoms with Crippen LogP contribution in [0, 0.1) is 0 Å². The molecule has 1 aromatic heterocycles. The number of rotatable bonds is 4. The minimum Gasteiger partial charge on any atom is -0.481 e. The van der Waals surface area contributed by atoms with Gasteiger partial charge >= 0.3 is 5.97 Å². The molecule has 2 aliphatic heterocycles. The Labute approximate surface area is 132 Å². The van der Waals surface area contributed by atoms with Gasteiger partial charge in [-0.1, -0.05) is 0 Å². The predicted octanol–water partition coefficient (Wildman–Crippen LogP) is 1.57. The molecule has 1 amide bonds. The van der Waals surface area contributed by atoms with Crippen LogP contribution in [-0.4, -0.2) is 42.3 Å². The molecular weight excluding hydrogens is 306 g/mol. The van der Waals surface area contributed by atoms with Gasteiger partial charge in [-0.25, -0.2) is 0 Å². The van der Waals surface area contributed by atoms with E-state index in [4.69, 9.17) is 14.6 Å². The summed E-state index contributed by atoms with van der Waals surface area (Å²) in [6.45, 7) is 2.19. The Balaban J connectivity index is 1.75. The van der Waals surface area contributed by atoms with E-state index in [-0.39, 0.29) is 12.3 Å². The van der Waals surface area contributed by atoms with Crippen LogP contribution in [0.2, 0.25) is 0 Å². The average Bonchev–Trinajstić information content (AvgIpc) is 2.91.